The lowest BCUT2D eigenvalue weighted by molar-refractivity contribution is 0.0526. The van der Waals surface area contributed by atoms with Crippen LogP contribution in [0.15, 0.2) is 48.5 Å². The van der Waals surface area contributed by atoms with E-state index in [1.807, 2.05) is 41.3 Å². The van der Waals surface area contributed by atoms with Gasteiger partial charge in [0.1, 0.15) is 0 Å². The number of nitrogens with one attached hydrogen (secondary N) is 1. The van der Waals surface area contributed by atoms with Gasteiger partial charge in [0.25, 0.3) is 5.91 Å². The van der Waals surface area contributed by atoms with Crippen molar-refractivity contribution < 1.29 is 19.4 Å². The van der Waals surface area contributed by atoms with Crippen molar-refractivity contribution in [1.29, 1.82) is 0 Å². The lowest BCUT2D eigenvalue weighted by atomic mass is 9.97. The summed E-state index contributed by atoms with van der Waals surface area (Å²) in [6.45, 7) is 2.70. The largest absolute Gasteiger partial charge is 0.462 e. The van der Waals surface area contributed by atoms with E-state index in [4.69, 9.17) is 4.74 Å². The summed E-state index contributed by atoms with van der Waals surface area (Å²) < 4.78 is 5.00. The minimum absolute atomic E-state index is 0.0484. The van der Waals surface area contributed by atoms with Crippen LogP contribution in [-0.2, 0) is 4.74 Å². The molecule has 2 aliphatic rings. The number of rotatable bonds is 4. The van der Waals surface area contributed by atoms with Crippen molar-refractivity contribution in [3.05, 3.63) is 65.2 Å². The van der Waals surface area contributed by atoms with Gasteiger partial charge in [0.15, 0.2) is 0 Å². The highest BCUT2D eigenvalue weighted by Gasteiger charge is 2.41. The van der Waals surface area contributed by atoms with E-state index in [1.165, 1.54) is 0 Å². The molecule has 6 heteroatoms. The van der Waals surface area contributed by atoms with Crippen molar-refractivity contribution in [3.8, 4) is 0 Å². The number of hydrogen-bond donors (Lipinski definition) is 2. The summed E-state index contributed by atoms with van der Waals surface area (Å²) in [4.78, 5) is 26.3. The van der Waals surface area contributed by atoms with Crippen LogP contribution >= 0.6 is 0 Å². The Morgan fingerprint density at radius 1 is 1.21 bits per heavy atom. The number of hydrogen-bond acceptors (Lipinski definition) is 5. The average Bonchev–Trinajstić information content (AvgIpc) is 2.86. The van der Waals surface area contributed by atoms with Crippen molar-refractivity contribution in [1.82, 2.24) is 4.90 Å². The number of anilines is 1. The Balaban J connectivity index is 1.47. The number of aliphatic hydroxyl groups excluding tert-OH is 1. The molecule has 0 bridgehead atoms. The van der Waals surface area contributed by atoms with Crippen LogP contribution in [0.1, 0.15) is 52.1 Å². The predicted octanol–water partition coefficient (Wildman–Crippen LogP) is 3.00. The van der Waals surface area contributed by atoms with Crippen molar-refractivity contribution in [2.24, 2.45) is 0 Å². The molecule has 1 amide bonds. The molecule has 1 saturated heterocycles. The third-order valence-electron chi connectivity index (χ3n) is 5.55. The summed E-state index contributed by atoms with van der Waals surface area (Å²) in [6, 6.07) is 14.5. The number of carbonyl (C=O) groups is 2. The second-order valence-corrected chi connectivity index (χ2v) is 7.24. The molecule has 0 spiro atoms. The maximum absolute atomic E-state index is 12.7. The normalized spacial score (nSPS) is 23.6. The van der Waals surface area contributed by atoms with E-state index < -0.39 is 6.10 Å². The summed E-state index contributed by atoms with van der Waals surface area (Å²) in [5.41, 5.74) is 3.08. The van der Waals surface area contributed by atoms with Gasteiger partial charge in [0.05, 0.1) is 30.4 Å². The topological polar surface area (TPSA) is 78.9 Å². The summed E-state index contributed by atoms with van der Waals surface area (Å²) in [5, 5.41) is 14.2. The molecule has 28 heavy (non-hydrogen) atoms. The van der Waals surface area contributed by atoms with Crippen LogP contribution in [0.2, 0.25) is 0 Å². The number of amides is 1. The van der Waals surface area contributed by atoms with E-state index in [9.17, 15) is 14.7 Å². The highest BCUT2D eigenvalue weighted by Crippen LogP contribution is 2.39. The SMILES string of the molecule is CCOC(=O)c1ccc(N[C@@H]2CCN3C(=O)c4ccccc4[C@@H]3C[C@H]2O)cc1. The van der Waals surface area contributed by atoms with Crippen LogP contribution in [0.25, 0.3) is 0 Å². The van der Waals surface area contributed by atoms with Crippen LogP contribution in [0.5, 0.6) is 0 Å². The molecular formula is C22H24N2O4. The van der Waals surface area contributed by atoms with Gasteiger partial charge in [0, 0.05) is 17.8 Å². The average molecular weight is 380 g/mol. The Hall–Kier alpha value is -2.86. The van der Waals surface area contributed by atoms with Gasteiger partial charge in [-0.05, 0) is 55.7 Å². The highest BCUT2D eigenvalue weighted by atomic mass is 16.5. The van der Waals surface area contributed by atoms with Gasteiger partial charge in [-0.1, -0.05) is 18.2 Å². The fraction of sp³-hybridized carbons (Fsp3) is 0.364. The number of aliphatic hydroxyl groups is 1. The standard InChI is InChI=1S/C22H24N2O4/c1-2-28-22(27)14-7-9-15(10-8-14)23-18-11-12-24-19(13-20(18)25)16-5-3-4-6-17(16)21(24)26/h3-10,18-20,23,25H,2,11-13H2,1H3/t18-,19+,20-/m1/s1. The second kappa shape index (κ2) is 7.64. The first-order valence-corrected chi connectivity index (χ1v) is 9.70. The van der Waals surface area contributed by atoms with Crippen LogP contribution in [0, 0.1) is 0 Å². The summed E-state index contributed by atoms with van der Waals surface area (Å²) in [7, 11) is 0. The van der Waals surface area contributed by atoms with E-state index >= 15 is 0 Å². The van der Waals surface area contributed by atoms with Gasteiger partial charge in [-0.15, -0.1) is 0 Å². The number of fused-ring (bicyclic) bond motifs is 3. The van der Waals surface area contributed by atoms with Gasteiger partial charge in [0.2, 0.25) is 0 Å². The van der Waals surface area contributed by atoms with E-state index in [0.29, 0.717) is 31.6 Å². The molecule has 2 N–H and O–H groups in total. The summed E-state index contributed by atoms with van der Waals surface area (Å²) >= 11 is 0. The Kier molecular flexibility index (Phi) is 5.05. The Bertz CT molecular complexity index is 880. The number of benzene rings is 2. The maximum Gasteiger partial charge on any atom is 0.338 e. The molecule has 0 saturated carbocycles. The monoisotopic (exact) mass is 380 g/mol. The molecule has 1 fully saturated rings. The molecule has 3 atom stereocenters. The number of carbonyl (C=O) groups excluding carboxylic acids is 2. The second-order valence-electron chi connectivity index (χ2n) is 7.24. The molecule has 0 aromatic heterocycles. The molecule has 0 unspecified atom stereocenters. The molecule has 6 nitrogen and oxygen atoms in total. The molecule has 4 rings (SSSR count). The molecule has 2 aliphatic heterocycles. The first-order chi connectivity index (χ1) is 13.6. The third-order valence-corrected chi connectivity index (χ3v) is 5.55. The maximum atomic E-state index is 12.7. The van der Waals surface area contributed by atoms with Gasteiger partial charge < -0.3 is 20.1 Å². The lowest BCUT2D eigenvalue weighted by Crippen LogP contribution is -2.33. The minimum Gasteiger partial charge on any atom is -0.462 e. The van der Waals surface area contributed by atoms with Crippen LogP contribution in [0.4, 0.5) is 5.69 Å². The molecule has 146 valence electrons. The lowest BCUT2D eigenvalue weighted by Gasteiger charge is -2.24. The first-order valence-electron chi connectivity index (χ1n) is 9.70. The Labute approximate surface area is 164 Å². The van der Waals surface area contributed by atoms with Crippen molar-refractivity contribution >= 4 is 17.6 Å². The fourth-order valence-electron chi connectivity index (χ4n) is 4.12. The first kappa shape index (κ1) is 18.5. The van der Waals surface area contributed by atoms with Gasteiger partial charge in [-0.25, -0.2) is 4.79 Å². The fourth-order valence-corrected chi connectivity index (χ4v) is 4.12. The van der Waals surface area contributed by atoms with Crippen molar-refractivity contribution in [2.45, 2.75) is 38.0 Å². The molecular weight excluding hydrogens is 356 g/mol. The Morgan fingerprint density at radius 2 is 1.96 bits per heavy atom. The molecule has 2 aromatic carbocycles. The smallest absolute Gasteiger partial charge is 0.338 e. The zero-order chi connectivity index (χ0) is 19.7. The van der Waals surface area contributed by atoms with Crippen LogP contribution in [-0.4, -0.2) is 47.2 Å². The summed E-state index contributed by atoms with van der Waals surface area (Å²) in [5.74, 6) is -0.298. The van der Waals surface area contributed by atoms with Crippen LogP contribution < -0.4 is 5.32 Å². The molecule has 2 heterocycles. The van der Waals surface area contributed by atoms with Crippen LogP contribution in [0.3, 0.4) is 0 Å². The van der Waals surface area contributed by atoms with Gasteiger partial charge >= 0.3 is 5.97 Å². The van der Waals surface area contributed by atoms with E-state index in [1.54, 1.807) is 19.1 Å². The molecule has 2 aromatic rings. The molecule has 0 aliphatic carbocycles. The summed E-state index contributed by atoms with van der Waals surface area (Å²) in [6.07, 6.45) is 0.567. The quantitative estimate of drug-likeness (QED) is 0.798. The van der Waals surface area contributed by atoms with Gasteiger partial charge in [-0.2, -0.15) is 0 Å². The van der Waals surface area contributed by atoms with E-state index in [2.05, 4.69) is 5.32 Å². The number of nitrogens with zero attached hydrogens (tertiary/aromatic N) is 1. The Morgan fingerprint density at radius 3 is 2.71 bits per heavy atom. The molecule has 0 radical (unpaired) electrons. The van der Waals surface area contributed by atoms with Gasteiger partial charge in [-0.3, -0.25) is 4.79 Å². The van der Waals surface area contributed by atoms with Crippen molar-refractivity contribution in [2.75, 3.05) is 18.5 Å². The van der Waals surface area contributed by atoms with Crippen molar-refractivity contribution in [3.63, 3.8) is 0 Å². The third kappa shape index (κ3) is 3.36. The van der Waals surface area contributed by atoms with E-state index in [0.717, 1.165) is 16.8 Å². The van der Waals surface area contributed by atoms with E-state index in [-0.39, 0.29) is 24.0 Å². The number of esters is 1. The zero-order valence-electron chi connectivity index (χ0n) is 15.8. The number of ether oxygens (including phenoxy) is 1. The predicted molar refractivity (Wildman–Crippen MR) is 105 cm³/mol. The zero-order valence-corrected chi connectivity index (χ0v) is 15.8. The minimum atomic E-state index is -0.585. The highest BCUT2D eigenvalue weighted by molar-refractivity contribution is 5.99.